The van der Waals surface area contributed by atoms with Gasteiger partial charge in [-0.2, -0.15) is 10.4 Å². The highest BCUT2D eigenvalue weighted by molar-refractivity contribution is 6.30. The van der Waals surface area contributed by atoms with E-state index in [9.17, 15) is 20.0 Å². The molecule has 40 heavy (non-hydrogen) atoms. The standard InChI is InChI=1S/C30H31ClN6O3/c1-15-6-27(36-13-20-9-24(20)30(36)40)33-12-25(15)16(2)37-14-26(28(35-37)17(3)38)29(39)34-22-7-19(8-22)23-10-21(31)5-4-18(23)11-32/h4-6,10,12,14,16-17,19-20,22,24,38H,7-9,13H2,1-3H3,(H,34,39)/t16-,17-,19-,20+,22+,24+/m0/s1. The molecule has 0 radical (unpaired) electrons. The van der Waals surface area contributed by atoms with E-state index in [1.807, 2.05) is 26.0 Å². The number of carbonyl (C=O) groups excluding carboxylic acids is 2. The van der Waals surface area contributed by atoms with Gasteiger partial charge in [-0.1, -0.05) is 11.6 Å². The van der Waals surface area contributed by atoms with Crippen LogP contribution in [0, 0.1) is 30.1 Å². The van der Waals surface area contributed by atoms with Gasteiger partial charge in [-0.25, -0.2) is 4.98 Å². The van der Waals surface area contributed by atoms with Crippen molar-refractivity contribution in [1.82, 2.24) is 20.1 Å². The normalized spacial score (nSPS) is 24.6. The maximum absolute atomic E-state index is 13.3. The van der Waals surface area contributed by atoms with Crippen molar-refractivity contribution in [2.45, 2.75) is 64.1 Å². The van der Waals surface area contributed by atoms with E-state index in [-0.39, 0.29) is 35.7 Å². The van der Waals surface area contributed by atoms with E-state index in [0.717, 1.165) is 29.7 Å². The summed E-state index contributed by atoms with van der Waals surface area (Å²) in [5, 5.41) is 28.1. The molecule has 1 aliphatic heterocycles. The van der Waals surface area contributed by atoms with E-state index in [4.69, 9.17) is 11.6 Å². The zero-order valence-electron chi connectivity index (χ0n) is 22.6. The molecule has 3 heterocycles. The van der Waals surface area contributed by atoms with Crippen LogP contribution >= 0.6 is 11.6 Å². The number of aliphatic hydroxyl groups is 1. The minimum atomic E-state index is -0.929. The number of pyridine rings is 1. The highest BCUT2D eigenvalue weighted by Crippen LogP contribution is 2.47. The minimum absolute atomic E-state index is 0.0519. The van der Waals surface area contributed by atoms with E-state index < -0.39 is 6.10 Å². The van der Waals surface area contributed by atoms with E-state index in [0.29, 0.717) is 46.4 Å². The third kappa shape index (κ3) is 4.65. The lowest BCUT2D eigenvalue weighted by Gasteiger charge is -2.36. The van der Waals surface area contributed by atoms with Crippen LogP contribution in [0.4, 0.5) is 5.82 Å². The van der Waals surface area contributed by atoms with Crippen molar-refractivity contribution in [3.63, 3.8) is 0 Å². The molecule has 0 bridgehead atoms. The monoisotopic (exact) mass is 558 g/mol. The quantitative estimate of drug-likeness (QED) is 0.442. The van der Waals surface area contributed by atoms with Gasteiger partial charge in [-0.05, 0) is 92.8 Å². The highest BCUT2D eigenvalue weighted by Gasteiger charge is 2.52. The van der Waals surface area contributed by atoms with Gasteiger partial charge in [-0.3, -0.25) is 19.2 Å². The number of benzene rings is 1. The SMILES string of the molecule is Cc1cc(N2C[C@H]3C[C@H]3C2=O)ncc1[C@H](C)n1cc(C(=O)N[C@H]2C[C@@H](c3cc(Cl)ccc3C#N)C2)c([C@H](C)O)n1. The number of amides is 2. The summed E-state index contributed by atoms with van der Waals surface area (Å²) in [5.74, 6) is 1.34. The smallest absolute Gasteiger partial charge is 0.255 e. The lowest BCUT2D eigenvalue weighted by molar-refractivity contribution is -0.118. The number of anilines is 1. The Labute approximate surface area is 237 Å². The van der Waals surface area contributed by atoms with E-state index in [2.05, 4.69) is 21.5 Å². The summed E-state index contributed by atoms with van der Waals surface area (Å²) >= 11 is 6.15. The predicted molar refractivity (Wildman–Crippen MR) is 149 cm³/mol. The molecule has 1 aromatic carbocycles. The maximum atomic E-state index is 13.3. The van der Waals surface area contributed by atoms with Crippen molar-refractivity contribution in [2.75, 3.05) is 11.4 Å². The number of hydrogen-bond acceptors (Lipinski definition) is 6. The fourth-order valence-corrected chi connectivity index (χ4v) is 6.26. The lowest BCUT2D eigenvalue weighted by atomic mass is 9.74. The summed E-state index contributed by atoms with van der Waals surface area (Å²) in [5.41, 5.74) is 4.05. The molecule has 3 fully saturated rings. The Bertz CT molecular complexity index is 1550. The van der Waals surface area contributed by atoms with Gasteiger partial charge in [0.25, 0.3) is 5.91 Å². The molecule has 2 aliphatic carbocycles. The second-order valence-electron chi connectivity index (χ2n) is 11.4. The van der Waals surface area contributed by atoms with Crippen molar-refractivity contribution in [1.29, 1.82) is 5.26 Å². The predicted octanol–water partition coefficient (Wildman–Crippen LogP) is 4.43. The first kappa shape index (κ1) is 26.5. The van der Waals surface area contributed by atoms with Crippen LogP contribution in [0.1, 0.15) is 89.5 Å². The topological polar surface area (TPSA) is 124 Å². The van der Waals surface area contributed by atoms with Gasteiger partial charge in [-0.15, -0.1) is 0 Å². The number of halogens is 1. The summed E-state index contributed by atoms with van der Waals surface area (Å²) in [6.45, 7) is 6.28. The summed E-state index contributed by atoms with van der Waals surface area (Å²) < 4.78 is 1.69. The molecule has 9 nitrogen and oxygen atoms in total. The van der Waals surface area contributed by atoms with Crippen LogP contribution in [-0.2, 0) is 4.79 Å². The number of aliphatic hydroxyl groups excluding tert-OH is 1. The Morgan fingerprint density at radius 2 is 2.02 bits per heavy atom. The molecule has 2 amide bonds. The van der Waals surface area contributed by atoms with Crippen molar-refractivity contribution in [3.05, 3.63) is 75.2 Å². The first-order valence-electron chi connectivity index (χ1n) is 13.7. The number of rotatable bonds is 7. The lowest BCUT2D eigenvalue weighted by Crippen LogP contribution is -2.43. The Hall–Kier alpha value is -3.74. The zero-order valence-corrected chi connectivity index (χ0v) is 23.4. The van der Waals surface area contributed by atoms with Crippen LogP contribution in [0.5, 0.6) is 0 Å². The van der Waals surface area contributed by atoms with E-state index in [1.54, 1.807) is 41.0 Å². The van der Waals surface area contributed by atoms with Crippen molar-refractivity contribution < 1.29 is 14.7 Å². The molecular weight excluding hydrogens is 528 g/mol. The summed E-state index contributed by atoms with van der Waals surface area (Å²) in [6.07, 6.45) is 4.92. The molecule has 0 unspecified atom stereocenters. The largest absolute Gasteiger partial charge is 0.387 e. The van der Waals surface area contributed by atoms with Gasteiger partial charge >= 0.3 is 0 Å². The van der Waals surface area contributed by atoms with Crippen LogP contribution in [0.3, 0.4) is 0 Å². The van der Waals surface area contributed by atoms with Gasteiger partial charge in [0.1, 0.15) is 11.5 Å². The molecule has 2 saturated carbocycles. The number of carbonyl (C=O) groups is 2. The Balaban J connectivity index is 1.16. The summed E-state index contributed by atoms with van der Waals surface area (Å²) in [4.78, 5) is 32.1. The van der Waals surface area contributed by atoms with Gasteiger partial charge in [0.05, 0.1) is 29.3 Å². The van der Waals surface area contributed by atoms with E-state index in [1.165, 1.54) is 0 Å². The first-order valence-corrected chi connectivity index (χ1v) is 14.1. The number of nitrogens with one attached hydrogen (secondary N) is 1. The van der Waals surface area contributed by atoms with Gasteiger partial charge in [0, 0.05) is 35.9 Å². The molecular formula is C30H31ClN6O3. The van der Waals surface area contributed by atoms with Crippen molar-refractivity contribution in [2.24, 2.45) is 11.8 Å². The molecule has 3 aromatic rings. The number of nitriles is 1. The number of nitrogens with zero attached hydrogens (tertiary/aromatic N) is 5. The van der Waals surface area contributed by atoms with Crippen LogP contribution in [-0.4, -0.2) is 44.3 Å². The van der Waals surface area contributed by atoms with Gasteiger partial charge in [0.15, 0.2) is 0 Å². The Morgan fingerprint density at radius 1 is 1.25 bits per heavy atom. The second kappa shape index (κ2) is 10.0. The number of piperidine rings is 1. The molecule has 6 rings (SSSR count). The first-order chi connectivity index (χ1) is 19.1. The molecule has 1 saturated heterocycles. The van der Waals surface area contributed by atoms with Crippen LogP contribution < -0.4 is 10.2 Å². The number of aryl methyl sites for hydroxylation is 1. The average molecular weight is 559 g/mol. The number of fused-ring (bicyclic) bond motifs is 1. The van der Waals surface area contributed by atoms with Crippen molar-refractivity contribution >= 4 is 29.2 Å². The van der Waals surface area contributed by atoms with Crippen molar-refractivity contribution in [3.8, 4) is 6.07 Å². The summed E-state index contributed by atoms with van der Waals surface area (Å²) in [7, 11) is 0. The second-order valence-corrected chi connectivity index (χ2v) is 11.8. The average Bonchev–Trinajstić information content (AvgIpc) is 3.40. The van der Waals surface area contributed by atoms with Crippen LogP contribution in [0.15, 0.2) is 36.7 Å². The third-order valence-electron chi connectivity index (χ3n) is 8.63. The van der Waals surface area contributed by atoms with E-state index >= 15 is 0 Å². The van der Waals surface area contributed by atoms with Crippen LogP contribution in [0.2, 0.25) is 5.02 Å². The fraction of sp³-hybridized carbons (Fsp3) is 0.433. The highest BCUT2D eigenvalue weighted by atomic mass is 35.5. The Kier molecular flexibility index (Phi) is 6.64. The molecule has 0 spiro atoms. The fourth-order valence-electron chi connectivity index (χ4n) is 6.08. The molecule has 206 valence electrons. The summed E-state index contributed by atoms with van der Waals surface area (Å²) in [6, 6.07) is 9.12. The third-order valence-corrected chi connectivity index (χ3v) is 8.87. The minimum Gasteiger partial charge on any atom is -0.387 e. The number of aromatic nitrogens is 3. The van der Waals surface area contributed by atoms with Gasteiger partial charge < -0.3 is 10.4 Å². The molecule has 10 heteroatoms. The maximum Gasteiger partial charge on any atom is 0.255 e. The molecule has 2 aromatic heterocycles. The zero-order chi connectivity index (χ0) is 28.3. The van der Waals surface area contributed by atoms with Gasteiger partial charge in [0.2, 0.25) is 5.91 Å². The van der Waals surface area contributed by atoms with Crippen LogP contribution in [0.25, 0.3) is 0 Å². The molecule has 4 atom stereocenters. The number of hydrogen-bond donors (Lipinski definition) is 2. The molecule has 3 aliphatic rings. The Morgan fingerprint density at radius 3 is 2.67 bits per heavy atom. The molecule has 2 N–H and O–H groups in total.